The number of hydrogen-bond acceptors (Lipinski definition) is 4. The highest BCUT2D eigenvalue weighted by Gasteiger charge is 2.29. The molecule has 0 spiro atoms. The van der Waals surface area contributed by atoms with Crippen molar-refractivity contribution in [1.82, 2.24) is 9.97 Å². The van der Waals surface area contributed by atoms with Crippen molar-refractivity contribution in [3.63, 3.8) is 0 Å². The Bertz CT molecular complexity index is 424. The highest BCUT2D eigenvalue weighted by atomic mass is 19.1. The molecule has 2 atom stereocenters. The zero-order chi connectivity index (χ0) is 13.8. The van der Waals surface area contributed by atoms with Crippen molar-refractivity contribution in [2.45, 2.75) is 45.1 Å². The Kier molecular flexibility index (Phi) is 4.69. The molecular weight excluding hydrogens is 243 g/mol. The fourth-order valence-electron chi connectivity index (χ4n) is 3.02. The fourth-order valence-corrected chi connectivity index (χ4v) is 3.02. The number of rotatable bonds is 4. The van der Waals surface area contributed by atoms with Gasteiger partial charge in [0.2, 0.25) is 0 Å². The maximum atomic E-state index is 14.3. The minimum Gasteiger partial charge on any atom is -0.354 e. The summed E-state index contributed by atoms with van der Waals surface area (Å²) in [4.78, 5) is 10.1. The van der Waals surface area contributed by atoms with E-state index >= 15 is 0 Å². The van der Waals surface area contributed by atoms with Gasteiger partial charge in [-0.25, -0.2) is 14.4 Å². The van der Waals surface area contributed by atoms with Crippen LogP contribution in [-0.4, -0.2) is 29.6 Å². The molecule has 2 N–H and O–H groups in total. The molecule has 0 amide bonds. The van der Waals surface area contributed by atoms with Crippen molar-refractivity contribution in [3.8, 4) is 0 Å². The summed E-state index contributed by atoms with van der Waals surface area (Å²) in [5.74, 6) is 0.559. The molecule has 0 bridgehead atoms. The van der Waals surface area contributed by atoms with E-state index in [0.29, 0.717) is 30.4 Å². The summed E-state index contributed by atoms with van der Waals surface area (Å²) in [6.45, 7) is 2.56. The first-order valence-corrected chi connectivity index (χ1v) is 7.11. The lowest BCUT2D eigenvalue weighted by atomic mass is 9.83. The van der Waals surface area contributed by atoms with E-state index < -0.39 is 0 Å². The summed E-state index contributed by atoms with van der Waals surface area (Å²) in [5.41, 5.74) is 6.33. The minimum absolute atomic E-state index is 0.283. The van der Waals surface area contributed by atoms with E-state index in [1.54, 1.807) is 0 Å². The van der Waals surface area contributed by atoms with Gasteiger partial charge in [-0.1, -0.05) is 19.8 Å². The first-order chi connectivity index (χ1) is 9.19. The van der Waals surface area contributed by atoms with Crippen molar-refractivity contribution in [3.05, 3.63) is 17.8 Å². The number of hydrogen-bond donors (Lipinski definition) is 1. The third-order valence-electron chi connectivity index (χ3n) is 4.18. The SMILES string of the molecule is CCc1ncnc(N(C)C2CCCCC2CN)c1F. The highest BCUT2D eigenvalue weighted by Crippen LogP contribution is 2.30. The molecule has 1 aromatic rings. The Hall–Kier alpha value is -1.23. The molecule has 0 radical (unpaired) electrons. The van der Waals surface area contributed by atoms with Crippen LogP contribution in [0, 0.1) is 11.7 Å². The first-order valence-electron chi connectivity index (χ1n) is 7.11. The Morgan fingerprint density at radius 2 is 2.11 bits per heavy atom. The minimum atomic E-state index is -0.283. The van der Waals surface area contributed by atoms with E-state index in [4.69, 9.17) is 5.73 Å². The highest BCUT2D eigenvalue weighted by molar-refractivity contribution is 5.41. The van der Waals surface area contributed by atoms with Crippen LogP contribution in [0.25, 0.3) is 0 Å². The molecule has 19 heavy (non-hydrogen) atoms. The van der Waals surface area contributed by atoms with Crippen LogP contribution < -0.4 is 10.6 Å². The van der Waals surface area contributed by atoms with Crippen LogP contribution in [0.3, 0.4) is 0 Å². The third kappa shape index (κ3) is 2.86. The van der Waals surface area contributed by atoms with Crippen LogP contribution in [0.2, 0.25) is 0 Å². The van der Waals surface area contributed by atoms with Crippen LogP contribution in [-0.2, 0) is 6.42 Å². The van der Waals surface area contributed by atoms with Crippen molar-refractivity contribution in [2.24, 2.45) is 11.7 Å². The predicted octanol–water partition coefficient (Wildman–Crippen LogP) is 2.13. The summed E-state index contributed by atoms with van der Waals surface area (Å²) in [6.07, 6.45) is 6.62. The average molecular weight is 266 g/mol. The molecule has 1 saturated carbocycles. The number of nitrogens with two attached hydrogens (primary N) is 1. The second kappa shape index (κ2) is 6.28. The van der Waals surface area contributed by atoms with Gasteiger partial charge in [-0.15, -0.1) is 0 Å². The summed E-state index contributed by atoms with van der Waals surface area (Å²) < 4.78 is 14.3. The molecule has 0 aliphatic heterocycles. The lowest BCUT2D eigenvalue weighted by Crippen LogP contribution is -2.44. The Morgan fingerprint density at radius 3 is 2.79 bits per heavy atom. The summed E-state index contributed by atoms with van der Waals surface area (Å²) in [5, 5.41) is 0. The van der Waals surface area contributed by atoms with Crippen LogP contribution in [0.1, 0.15) is 38.3 Å². The molecule has 5 heteroatoms. The van der Waals surface area contributed by atoms with E-state index in [0.717, 1.165) is 12.8 Å². The molecule has 0 saturated heterocycles. The number of aryl methyl sites for hydroxylation is 1. The molecule has 4 nitrogen and oxygen atoms in total. The van der Waals surface area contributed by atoms with Gasteiger partial charge in [-0.3, -0.25) is 0 Å². The lowest BCUT2D eigenvalue weighted by molar-refractivity contribution is 0.304. The summed E-state index contributed by atoms with van der Waals surface area (Å²) >= 11 is 0. The van der Waals surface area contributed by atoms with Gasteiger partial charge >= 0.3 is 0 Å². The van der Waals surface area contributed by atoms with E-state index in [9.17, 15) is 4.39 Å². The molecular formula is C14H23FN4. The molecule has 106 valence electrons. The standard InChI is InChI=1S/C14H23FN4/c1-3-11-13(15)14(18-9-17-11)19(2)12-7-5-4-6-10(12)8-16/h9-10,12H,3-8,16H2,1-2H3. The van der Waals surface area contributed by atoms with Crippen molar-refractivity contribution >= 4 is 5.82 Å². The molecule has 2 unspecified atom stereocenters. The Labute approximate surface area is 114 Å². The molecule has 1 aliphatic rings. The van der Waals surface area contributed by atoms with Gasteiger partial charge in [0.15, 0.2) is 11.6 Å². The van der Waals surface area contributed by atoms with E-state index in [1.165, 1.54) is 19.2 Å². The zero-order valence-corrected chi connectivity index (χ0v) is 11.8. The summed E-state index contributed by atoms with van der Waals surface area (Å²) in [7, 11) is 1.92. The van der Waals surface area contributed by atoms with Gasteiger partial charge in [0.05, 0.1) is 5.69 Å². The lowest BCUT2D eigenvalue weighted by Gasteiger charge is -2.38. The number of halogens is 1. The molecule has 1 heterocycles. The van der Waals surface area contributed by atoms with E-state index in [2.05, 4.69) is 9.97 Å². The van der Waals surface area contributed by atoms with Gasteiger partial charge in [-0.05, 0) is 31.7 Å². The van der Waals surface area contributed by atoms with Crippen LogP contribution >= 0.6 is 0 Å². The summed E-state index contributed by atoms with van der Waals surface area (Å²) in [6, 6.07) is 0.285. The van der Waals surface area contributed by atoms with Crippen molar-refractivity contribution in [2.75, 3.05) is 18.5 Å². The quantitative estimate of drug-likeness (QED) is 0.907. The smallest absolute Gasteiger partial charge is 0.187 e. The molecule has 1 aromatic heterocycles. The van der Waals surface area contributed by atoms with E-state index in [1.807, 2.05) is 18.9 Å². The topological polar surface area (TPSA) is 55.0 Å². The Morgan fingerprint density at radius 1 is 1.37 bits per heavy atom. The molecule has 2 rings (SSSR count). The fraction of sp³-hybridized carbons (Fsp3) is 0.714. The predicted molar refractivity (Wildman–Crippen MR) is 74.6 cm³/mol. The molecule has 1 fully saturated rings. The van der Waals surface area contributed by atoms with Gasteiger partial charge in [-0.2, -0.15) is 0 Å². The number of nitrogens with zero attached hydrogens (tertiary/aromatic N) is 3. The van der Waals surface area contributed by atoms with Gasteiger partial charge in [0, 0.05) is 13.1 Å². The zero-order valence-electron chi connectivity index (χ0n) is 11.8. The number of anilines is 1. The van der Waals surface area contributed by atoms with Crippen molar-refractivity contribution < 1.29 is 4.39 Å². The number of aromatic nitrogens is 2. The molecule has 0 aromatic carbocycles. The van der Waals surface area contributed by atoms with Gasteiger partial charge in [0.25, 0.3) is 0 Å². The largest absolute Gasteiger partial charge is 0.354 e. The van der Waals surface area contributed by atoms with Gasteiger partial charge < -0.3 is 10.6 Å². The maximum absolute atomic E-state index is 14.3. The monoisotopic (exact) mass is 266 g/mol. The average Bonchev–Trinajstić information content (AvgIpc) is 2.46. The van der Waals surface area contributed by atoms with Gasteiger partial charge in [0.1, 0.15) is 6.33 Å². The third-order valence-corrected chi connectivity index (χ3v) is 4.18. The second-order valence-electron chi connectivity index (χ2n) is 5.27. The van der Waals surface area contributed by atoms with Crippen molar-refractivity contribution in [1.29, 1.82) is 0 Å². The second-order valence-corrected chi connectivity index (χ2v) is 5.27. The van der Waals surface area contributed by atoms with Crippen LogP contribution in [0.4, 0.5) is 10.2 Å². The Balaban J connectivity index is 2.25. The maximum Gasteiger partial charge on any atom is 0.187 e. The normalized spacial score (nSPS) is 23.4. The molecule has 1 aliphatic carbocycles. The first kappa shape index (κ1) is 14.2. The van der Waals surface area contributed by atoms with Crippen LogP contribution in [0.15, 0.2) is 6.33 Å². The van der Waals surface area contributed by atoms with Crippen LogP contribution in [0.5, 0.6) is 0 Å². The van der Waals surface area contributed by atoms with E-state index in [-0.39, 0.29) is 11.9 Å².